The summed E-state index contributed by atoms with van der Waals surface area (Å²) < 4.78 is 25.9. The molecule has 1 heterocycles. The Bertz CT molecular complexity index is 1200. The van der Waals surface area contributed by atoms with Gasteiger partial charge in [-0.05, 0) is 50.7 Å². The van der Waals surface area contributed by atoms with Gasteiger partial charge >= 0.3 is 0 Å². The van der Waals surface area contributed by atoms with Crippen molar-refractivity contribution in [3.63, 3.8) is 0 Å². The first kappa shape index (κ1) is 32.9. The van der Waals surface area contributed by atoms with E-state index in [4.69, 9.17) is 0 Å². The highest BCUT2D eigenvalue weighted by Gasteiger charge is 2.39. The lowest BCUT2D eigenvalue weighted by Crippen LogP contribution is -2.62. The molecule has 3 aliphatic rings. The van der Waals surface area contributed by atoms with Crippen LogP contribution in [-0.4, -0.2) is 95.9 Å². The number of rotatable bonds is 10. The number of nitrogens with one attached hydrogen (secondary N) is 2. The van der Waals surface area contributed by atoms with Crippen LogP contribution in [0.3, 0.4) is 0 Å². The van der Waals surface area contributed by atoms with E-state index in [1.54, 1.807) is 0 Å². The summed E-state index contributed by atoms with van der Waals surface area (Å²) in [6, 6.07) is 6.54. The summed E-state index contributed by atoms with van der Waals surface area (Å²) in [7, 11) is -3.48. The molecule has 0 aromatic heterocycles. The zero-order valence-corrected chi connectivity index (χ0v) is 26.4. The minimum Gasteiger partial charge on any atom is -0.392 e. The van der Waals surface area contributed by atoms with Gasteiger partial charge in [0.05, 0.1) is 24.5 Å². The fourth-order valence-electron chi connectivity index (χ4n) is 6.84. The average molecular weight is 607 g/mol. The van der Waals surface area contributed by atoms with Crippen LogP contribution < -0.4 is 10.6 Å². The summed E-state index contributed by atoms with van der Waals surface area (Å²) in [5.74, 6) is -0.480. The molecule has 2 fully saturated rings. The highest BCUT2D eigenvalue weighted by atomic mass is 32.2. The average Bonchev–Trinajstić information content (AvgIpc) is 3.22. The van der Waals surface area contributed by atoms with Crippen LogP contribution in [0.4, 0.5) is 0 Å². The molecule has 0 bridgehead atoms. The molecule has 5 atom stereocenters. The van der Waals surface area contributed by atoms with Crippen molar-refractivity contribution < 1.29 is 28.2 Å². The van der Waals surface area contributed by atoms with Gasteiger partial charge < -0.3 is 20.8 Å². The molecule has 11 heteroatoms. The van der Waals surface area contributed by atoms with E-state index >= 15 is 0 Å². The van der Waals surface area contributed by atoms with Crippen molar-refractivity contribution in [3.8, 4) is 0 Å². The molecule has 1 aliphatic heterocycles. The van der Waals surface area contributed by atoms with Crippen molar-refractivity contribution in [1.82, 2.24) is 19.8 Å². The summed E-state index contributed by atoms with van der Waals surface area (Å²) in [5, 5.41) is 28.2. The Labute approximate surface area is 251 Å². The second-order valence-electron chi connectivity index (χ2n) is 13.7. The Morgan fingerprint density at radius 3 is 2.45 bits per heavy atom. The third-order valence-electron chi connectivity index (χ3n) is 8.94. The zero-order chi connectivity index (χ0) is 30.7. The van der Waals surface area contributed by atoms with Gasteiger partial charge in [0.25, 0.3) is 0 Å². The summed E-state index contributed by atoms with van der Waals surface area (Å²) in [5.41, 5.74) is 1.47. The van der Waals surface area contributed by atoms with Crippen LogP contribution in [0.1, 0.15) is 82.9 Å². The molecule has 42 heavy (non-hydrogen) atoms. The number of nitrogens with zero attached hydrogens (tertiary/aromatic N) is 2. The van der Waals surface area contributed by atoms with Crippen LogP contribution in [0.15, 0.2) is 24.3 Å². The number of hydrogen-bond donors (Lipinski definition) is 4. The minimum absolute atomic E-state index is 0.0123. The maximum Gasteiger partial charge on any atom is 0.239 e. The highest BCUT2D eigenvalue weighted by Crippen LogP contribution is 2.34. The minimum atomic E-state index is -3.48. The molecule has 2 amide bonds. The Morgan fingerprint density at radius 1 is 1.10 bits per heavy atom. The van der Waals surface area contributed by atoms with E-state index in [2.05, 4.69) is 10.6 Å². The number of piperazine rings is 1. The molecule has 10 nitrogen and oxygen atoms in total. The smallest absolute Gasteiger partial charge is 0.239 e. The largest absolute Gasteiger partial charge is 0.392 e. The summed E-state index contributed by atoms with van der Waals surface area (Å²) in [6.07, 6.45) is 6.58. The predicted molar refractivity (Wildman–Crippen MR) is 162 cm³/mol. The monoisotopic (exact) mass is 606 g/mol. The number of sulfonamides is 1. The second-order valence-corrected chi connectivity index (χ2v) is 15.6. The SMILES string of the molecule is CC(C)(C)NC(=O)[C@@H]1CN(S(C)(=O)=O)CCN1C[C@@H](O)C[C@@H](CC1CCCCC1)C(=O)N[C@H]1c2ccccc2C[C@H]1O. The van der Waals surface area contributed by atoms with E-state index < -0.39 is 45.8 Å². The van der Waals surface area contributed by atoms with Crippen molar-refractivity contribution in [2.45, 2.75) is 102 Å². The Kier molecular flexibility index (Phi) is 10.7. The summed E-state index contributed by atoms with van der Waals surface area (Å²) in [6.45, 7) is 6.31. The molecule has 4 N–H and O–H groups in total. The van der Waals surface area contributed by atoms with E-state index in [9.17, 15) is 28.2 Å². The van der Waals surface area contributed by atoms with Gasteiger partial charge in [0.15, 0.2) is 0 Å². The lowest BCUT2D eigenvalue weighted by Gasteiger charge is -2.41. The third-order valence-corrected chi connectivity index (χ3v) is 10.2. The molecule has 1 saturated heterocycles. The van der Waals surface area contributed by atoms with E-state index in [0.717, 1.165) is 43.1 Å². The van der Waals surface area contributed by atoms with Gasteiger partial charge in [-0.25, -0.2) is 8.42 Å². The van der Waals surface area contributed by atoms with Gasteiger partial charge in [0.2, 0.25) is 21.8 Å². The third kappa shape index (κ3) is 8.75. The molecule has 1 aromatic carbocycles. The molecule has 2 aliphatic carbocycles. The van der Waals surface area contributed by atoms with Gasteiger partial charge in [-0.3, -0.25) is 14.5 Å². The standard InChI is InChI=1S/C31H50N4O6S/c1-31(2,3)33-30(39)26-20-35(42(4,40)41)15-14-34(26)19-24(36)17-23(16-21-10-6-5-7-11-21)29(38)32-28-25-13-9-8-12-22(25)18-27(28)37/h8-9,12-13,21,23-24,26-28,36-37H,5-7,10-11,14-20H2,1-4H3,(H,32,38)(H,33,39)/t23-,24+,26+,27-,28+/m1/s1. The number of aliphatic hydroxyl groups excluding tert-OH is 2. The quantitative estimate of drug-likeness (QED) is 0.319. The highest BCUT2D eigenvalue weighted by molar-refractivity contribution is 7.88. The number of carbonyl (C=O) groups excluding carboxylic acids is 2. The number of benzene rings is 1. The van der Waals surface area contributed by atoms with E-state index in [-0.39, 0.29) is 37.9 Å². The van der Waals surface area contributed by atoms with Gasteiger partial charge in [-0.2, -0.15) is 4.31 Å². The molecular weight excluding hydrogens is 556 g/mol. The van der Waals surface area contributed by atoms with E-state index in [1.165, 1.54) is 10.7 Å². The molecule has 1 saturated carbocycles. The Hall–Kier alpha value is -2.05. The lowest BCUT2D eigenvalue weighted by atomic mass is 9.80. The molecule has 1 aromatic rings. The number of hydrogen-bond acceptors (Lipinski definition) is 7. The topological polar surface area (TPSA) is 139 Å². The van der Waals surface area contributed by atoms with Gasteiger partial charge in [0.1, 0.15) is 6.04 Å². The van der Waals surface area contributed by atoms with Crippen LogP contribution in [-0.2, 0) is 26.0 Å². The van der Waals surface area contributed by atoms with Gasteiger partial charge in [-0.1, -0.05) is 56.4 Å². The van der Waals surface area contributed by atoms with Crippen molar-refractivity contribution >= 4 is 21.8 Å². The molecular formula is C31H50N4O6S. The van der Waals surface area contributed by atoms with Crippen molar-refractivity contribution in [2.24, 2.45) is 11.8 Å². The van der Waals surface area contributed by atoms with Gasteiger partial charge in [-0.15, -0.1) is 0 Å². The fourth-order valence-corrected chi connectivity index (χ4v) is 7.67. The van der Waals surface area contributed by atoms with Crippen LogP contribution >= 0.6 is 0 Å². The molecule has 0 radical (unpaired) electrons. The van der Waals surface area contributed by atoms with Crippen molar-refractivity contribution in [1.29, 1.82) is 0 Å². The predicted octanol–water partition coefficient (Wildman–Crippen LogP) is 1.96. The number of carbonyl (C=O) groups is 2. The van der Waals surface area contributed by atoms with E-state index in [1.807, 2.05) is 49.9 Å². The summed E-state index contributed by atoms with van der Waals surface area (Å²) in [4.78, 5) is 28.9. The molecule has 0 unspecified atom stereocenters. The molecule has 0 spiro atoms. The van der Waals surface area contributed by atoms with Crippen LogP contribution in [0.25, 0.3) is 0 Å². The number of fused-ring (bicyclic) bond motifs is 1. The van der Waals surface area contributed by atoms with Crippen LogP contribution in [0.5, 0.6) is 0 Å². The van der Waals surface area contributed by atoms with Crippen molar-refractivity contribution in [2.75, 3.05) is 32.4 Å². The number of amides is 2. The number of β-amino-alcohol motifs (C(OH)–C–C–N with tert-alkyl or cyclic N) is 1. The molecule has 4 rings (SSSR count). The fraction of sp³-hybridized carbons (Fsp3) is 0.742. The van der Waals surface area contributed by atoms with Crippen LogP contribution in [0.2, 0.25) is 0 Å². The second kappa shape index (κ2) is 13.7. The number of aliphatic hydroxyl groups is 2. The van der Waals surface area contributed by atoms with Crippen LogP contribution in [0, 0.1) is 11.8 Å². The normalized spacial score (nSPS) is 25.9. The van der Waals surface area contributed by atoms with Crippen molar-refractivity contribution in [3.05, 3.63) is 35.4 Å². The maximum absolute atomic E-state index is 13.8. The first-order valence-electron chi connectivity index (χ1n) is 15.5. The molecule has 236 valence electrons. The first-order chi connectivity index (χ1) is 19.7. The zero-order valence-electron chi connectivity index (χ0n) is 25.6. The van der Waals surface area contributed by atoms with Gasteiger partial charge in [0, 0.05) is 44.1 Å². The summed E-state index contributed by atoms with van der Waals surface area (Å²) >= 11 is 0. The lowest BCUT2D eigenvalue weighted by molar-refractivity contribution is -0.131. The Morgan fingerprint density at radius 2 is 1.79 bits per heavy atom. The van der Waals surface area contributed by atoms with E-state index in [0.29, 0.717) is 25.3 Å². The maximum atomic E-state index is 13.8. The first-order valence-corrected chi connectivity index (χ1v) is 17.3. The Balaban J connectivity index is 1.47.